The number of hydrogen-bond acceptors (Lipinski definition) is 4. The third-order valence-corrected chi connectivity index (χ3v) is 3.57. The lowest BCUT2D eigenvalue weighted by Crippen LogP contribution is -2.10. The number of hydrogen-bond donors (Lipinski definition) is 1. The number of nitrogens with two attached hydrogens (primary N) is 1. The van der Waals surface area contributed by atoms with Crippen LogP contribution in [0.1, 0.15) is 6.42 Å². The summed E-state index contributed by atoms with van der Waals surface area (Å²) in [5.74, 6) is 1.91. The van der Waals surface area contributed by atoms with Crippen LogP contribution < -0.4 is 10.5 Å². The average Bonchev–Trinajstić information content (AvgIpc) is 2.34. The normalized spacial score (nSPS) is 12.3. The minimum atomic E-state index is -0.819. The molecule has 1 aromatic rings. The number of nitrogen functional groups attached to an aromatic ring is 1. The lowest BCUT2D eigenvalue weighted by atomic mass is 10.3. The molecule has 1 aromatic carbocycles. The molecule has 1 atom stereocenters. The molecule has 2 N–H and O–H groups in total. The summed E-state index contributed by atoms with van der Waals surface area (Å²) in [7, 11) is 0.790. The van der Waals surface area contributed by atoms with Crippen molar-refractivity contribution >= 4 is 16.5 Å². The molecule has 1 rings (SSSR count). The van der Waals surface area contributed by atoms with Crippen LogP contribution in [-0.2, 0) is 15.5 Å². The van der Waals surface area contributed by atoms with Gasteiger partial charge in [-0.2, -0.15) is 0 Å². The average molecular weight is 257 g/mol. The second kappa shape index (κ2) is 8.08. The largest absolute Gasteiger partial charge is 0.491 e. The molecule has 17 heavy (non-hydrogen) atoms. The van der Waals surface area contributed by atoms with Crippen LogP contribution in [0, 0.1) is 0 Å². The zero-order valence-electron chi connectivity index (χ0n) is 10.1. The summed E-state index contributed by atoms with van der Waals surface area (Å²) in [5, 5.41) is 0. The zero-order chi connectivity index (χ0) is 12.5. The smallest absolute Gasteiger partial charge is 0.142 e. The van der Waals surface area contributed by atoms with Crippen LogP contribution in [0.25, 0.3) is 0 Å². The third-order valence-electron chi connectivity index (χ3n) is 2.21. The van der Waals surface area contributed by atoms with Gasteiger partial charge in [0.1, 0.15) is 5.75 Å². The highest BCUT2D eigenvalue weighted by atomic mass is 32.2. The van der Waals surface area contributed by atoms with Gasteiger partial charge in [0.05, 0.1) is 18.9 Å². The number of benzene rings is 1. The maximum absolute atomic E-state index is 11.4. The van der Waals surface area contributed by atoms with Crippen LogP contribution in [0.5, 0.6) is 5.75 Å². The van der Waals surface area contributed by atoms with E-state index in [9.17, 15) is 4.21 Å². The van der Waals surface area contributed by atoms with Crippen molar-refractivity contribution in [3.8, 4) is 5.75 Å². The molecule has 0 spiro atoms. The molecule has 0 amide bonds. The number of methoxy groups -OCH3 is 1. The molecular formula is C12H19NO3S. The maximum atomic E-state index is 11.4. The van der Waals surface area contributed by atoms with Crippen molar-refractivity contribution in [3.63, 3.8) is 0 Å². The van der Waals surface area contributed by atoms with Gasteiger partial charge < -0.3 is 15.2 Å². The molecule has 0 saturated carbocycles. The van der Waals surface area contributed by atoms with E-state index in [1.165, 1.54) is 0 Å². The molecule has 0 radical (unpaired) electrons. The van der Waals surface area contributed by atoms with Crippen LogP contribution in [0.15, 0.2) is 24.3 Å². The SMILES string of the molecule is COCCS(=O)CCCOc1ccccc1N. The Hall–Kier alpha value is -1.07. The van der Waals surface area contributed by atoms with Crippen LogP contribution in [-0.4, -0.2) is 36.0 Å². The fourth-order valence-corrected chi connectivity index (χ4v) is 2.29. The van der Waals surface area contributed by atoms with Crippen molar-refractivity contribution in [2.45, 2.75) is 6.42 Å². The van der Waals surface area contributed by atoms with E-state index in [1.54, 1.807) is 13.2 Å². The Morgan fingerprint density at radius 3 is 2.71 bits per heavy atom. The Morgan fingerprint density at radius 2 is 2.00 bits per heavy atom. The van der Waals surface area contributed by atoms with Gasteiger partial charge in [-0.3, -0.25) is 4.21 Å². The maximum Gasteiger partial charge on any atom is 0.142 e. The second-order valence-corrected chi connectivity index (χ2v) is 5.28. The molecule has 0 aliphatic heterocycles. The summed E-state index contributed by atoms with van der Waals surface area (Å²) >= 11 is 0. The fourth-order valence-electron chi connectivity index (χ4n) is 1.29. The first-order chi connectivity index (χ1) is 8.24. The monoisotopic (exact) mass is 257 g/mol. The van der Waals surface area contributed by atoms with Crippen molar-refractivity contribution in [2.24, 2.45) is 0 Å². The van der Waals surface area contributed by atoms with E-state index < -0.39 is 10.8 Å². The summed E-state index contributed by atoms with van der Waals surface area (Å²) in [6, 6.07) is 7.37. The predicted molar refractivity (Wildman–Crippen MR) is 70.7 cm³/mol. The summed E-state index contributed by atoms with van der Waals surface area (Å²) in [6.07, 6.45) is 0.755. The van der Waals surface area contributed by atoms with E-state index in [0.717, 1.165) is 6.42 Å². The van der Waals surface area contributed by atoms with E-state index in [1.807, 2.05) is 18.2 Å². The number of ether oxygens (including phenoxy) is 2. The summed E-state index contributed by atoms with van der Waals surface area (Å²) in [5.41, 5.74) is 6.36. The first kappa shape index (κ1) is 14.0. The Bertz CT molecular complexity index is 357. The number of anilines is 1. The molecule has 0 fully saturated rings. The minimum absolute atomic E-state index is 0.535. The topological polar surface area (TPSA) is 61.5 Å². The van der Waals surface area contributed by atoms with Crippen LogP contribution >= 0.6 is 0 Å². The Balaban J connectivity index is 2.16. The minimum Gasteiger partial charge on any atom is -0.491 e. The van der Waals surface area contributed by atoms with Crippen molar-refractivity contribution in [1.82, 2.24) is 0 Å². The fraction of sp³-hybridized carbons (Fsp3) is 0.500. The van der Waals surface area contributed by atoms with Gasteiger partial charge in [-0.25, -0.2) is 0 Å². The van der Waals surface area contributed by atoms with Crippen LogP contribution in [0.2, 0.25) is 0 Å². The first-order valence-electron chi connectivity index (χ1n) is 5.55. The van der Waals surface area contributed by atoms with Crippen LogP contribution in [0.3, 0.4) is 0 Å². The van der Waals surface area contributed by atoms with Crippen molar-refractivity contribution in [2.75, 3.05) is 37.6 Å². The Labute approximate surface area is 105 Å². The quantitative estimate of drug-likeness (QED) is 0.565. The summed E-state index contributed by atoms with van der Waals surface area (Å²) < 4.78 is 21.8. The molecule has 0 heterocycles. The van der Waals surface area contributed by atoms with Crippen LogP contribution in [0.4, 0.5) is 5.69 Å². The molecule has 4 nitrogen and oxygen atoms in total. The van der Waals surface area contributed by atoms with Gasteiger partial charge in [0.15, 0.2) is 0 Å². The van der Waals surface area contributed by atoms with Crippen molar-refractivity contribution in [3.05, 3.63) is 24.3 Å². The van der Waals surface area contributed by atoms with Gasteiger partial charge >= 0.3 is 0 Å². The van der Waals surface area contributed by atoms with Gasteiger partial charge in [0.2, 0.25) is 0 Å². The highest BCUT2D eigenvalue weighted by Crippen LogP contribution is 2.19. The van der Waals surface area contributed by atoms with Gasteiger partial charge in [-0.15, -0.1) is 0 Å². The molecule has 0 aromatic heterocycles. The number of para-hydroxylation sites is 2. The van der Waals surface area contributed by atoms with Gasteiger partial charge in [-0.1, -0.05) is 12.1 Å². The second-order valence-electron chi connectivity index (χ2n) is 3.58. The molecule has 1 unspecified atom stereocenters. The van der Waals surface area contributed by atoms with E-state index in [0.29, 0.717) is 36.2 Å². The molecule has 0 aliphatic carbocycles. The predicted octanol–water partition coefficient (Wildman–Crippen LogP) is 1.43. The highest BCUT2D eigenvalue weighted by Gasteiger charge is 2.01. The standard InChI is InChI=1S/C12H19NO3S/c1-15-8-10-17(14)9-4-7-16-12-6-3-2-5-11(12)13/h2-3,5-6H,4,7-10,13H2,1H3. The molecule has 0 bridgehead atoms. The zero-order valence-corrected chi connectivity index (χ0v) is 10.9. The molecule has 5 heteroatoms. The van der Waals surface area contributed by atoms with Crippen molar-refractivity contribution < 1.29 is 13.7 Å². The summed E-state index contributed by atoms with van der Waals surface area (Å²) in [6.45, 7) is 1.08. The lowest BCUT2D eigenvalue weighted by Gasteiger charge is -2.08. The molecular weight excluding hydrogens is 238 g/mol. The molecule has 0 aliphatic rings. The molecule has 0 saturated heterocycles. The number of rotatable bonds is 8. The van der Waals surface area contributed by atoms with E-state index in [-0.39, 0.29) is 0 Å². The van der Waals surface area contributed by atoms with Gasteiger partial charge in [0.25, 0.3) is 0 Å². The van der Waals surface area contributed by atoms with Crippen molar-refractivity contribution in [1.29, 1.82) is 0 Å². The lowest BCUT2D eigenvalue weighted by molar-refractivity contribution is 0.218. The Kier molecular flexibility index (Phi) is 6.65. The van der Waals surface area contributed by atoms with E-state index in [2.05, 4.69) is 0 Å². The summed E-state index contributed by atoms with van der Waals surface area (Å²) in [4.78, 5) is 0. The first-order valence-corrected chi connectivity index (χ1v) is 7.04. The third kappa shape index (κ3) is 5.70. The van der Waals surface area contributed by atoms with Gasteiger partial charge in [0, 0.05) is 29.4 Å². The van der Waals surface area contributed by atoms with Gasteiger partial charge in [-0.05, 0) is 18.6 Å². The van der Waals surface area contributed by atoms with E-state index >= 15 is 0 Å². The highest BCUT2D eigenvalue weighted by molar-refractivity contribution is 7.84. The Morgan fingerprint density at radius 1 is 1.24 bits per heavy atom. The van der Waals surface area contributed by atoms with E-state index in [4.69, 9.17) is 15.2 Å². The molecule has 96 valence electrons.